The average molecular weight is 680 g/mol. The predicted molar refractivity (Wildman–Crippen MR) is 217 cm³/mol. The molecule has 3 aromatic heterocycles. The largest absolute Gasteiger partial charge is 0.309 e. The van der Waals surface area contributed by atoms with Crippen LogP contribution in [0.2, 0.25) is 0 Å². The second-order valence-electron chi connectivity index (χ2n) is 14.5. The molecule has 7 aromatic carbocycles. The molecule has 0 N–H and O–H groups in total. The summed E-state index contributed by atoms with van der Waals surface area (Å²) >= 11 is 0. The minimum absolute atomic E-state index is 0.175. The van der Waals surface area contributed by atoms with Crippen LogP contribution in [0.1, 0.15) is 25.0 Å². The topological polar surface area (TPSA) is 48.5 Å². The van der Waals surface area contributed by atoms with Crippen LogP contribution in [0, 0.1) is 0 Å². The maximum atomic E-state index is 5.20. The van der Waals surface area contributed by atoms with Gasteiger partial charge in [0.05, 0.1) is 27.8 Å². The third-order valence-electron chi connectivity index (χ3n) is 11.2. The molecule has 0 fully saturated rings. The molecule has 1 aliphatic rings. The summed E-state index contributed by atoms with van der Waals surface area (Å²) < 4.78 is 4.71. The number of benzene rings is 7. The van der Waals surface area contributed by atoms with Gasteiger partial charge in [-0.3, -0.25) is 4.57 Å². The Hall–Kier alpha value is -6.85. The summed E-state index contributed by atoms with van der Waals surface area (Å²) in [6.45, 7) is 4.72. The Kier molecular flexibility index (Phi) is 6.23. The van der Waals surface area contributed by atoms with E-state index in [1.165, 1.54) is 44.2 Å². The molecule has 0 unspecified atom stereocenters. The van der Waals surface area contributed by atoms with Gasteiger partial charge in [-0.15, -0.1) is 0 Å². The van der Waals surface area contributed by atoms with Crippen molar-refractivity contribution in [1.29, 1.82) is 0 Å². The Balaban J connectivity index is 1.25. The van der Waals surface area contributed by atoms with E-state index >= 15 is 0 Å². The van der Waals surface area contributed by atoms with Crippen LogP contribution in [-0.2, 0) is 5.41 Å². The van der Waals surface area contributed by atoms with E-state index in [9.17, 15) is 0 Å². The summed E-state index contributed by atoms with van der Waals surface area (Å²) in [6.07, 6.45) is 0. The van der Waals surface area contributed by atoms with Gasteiger partial charge in [0, 0.05) is 38.1 Å². The molecular formula is C48H33N5. The Morgan fingerprint density at radius 3 is 1.60 bits per heavy atom. The number of rotatable bonds is 4. The fourth-order valence-corrected chi connectivity index (χ4v) is 8.81. The highest BCUT2D eigenvalue weighted by atomic mass is 15.2. The van der Waals surface area contributed by atoms with E-state index in [1.54, 1.807) is 0 Å². The lowest BCUT2D eigenvalue weighted by molar-refractivity contribution is 0.656. The van der Waals surface area contributed by atoms with Gasteiger partial charge in [0.2, 0.25) is 5.95 Å². The molecule has 1 aliphatic carbocycles. The van der Waals surface area contributed by atoms with Crippen molar-refractivity contribution in [2.45, 2.75) is 19.3 Å². The number of fused-ring (bicyclic) bond motifs is 9. The van der Waals surface area contributed by atoms with E-state index in [4.69, 9.17) is 15.0 Å². The second kappa shape index (κ2) is 11.1. The van der Waals surface area contributed by atoms with Crippen LogP contribution < -0.4 is 0 Å². The van der Waals surface area contributed by atoms with Gasteiger partial charge in [0.1, 0.15) is 0 Å². The van der Waals surface area contributed by atoms with Crippen molar-refractivity contribution in [3.8, 4) is 45.5 Å². The van der Waals surface area contributed by atoms with E-state index in [-0.39, 0.29) is 5.41 Å². The van der Waals surface area contributed by atoms with E-state index < -0.39 is 0 Å². The standard InChI is InChI=1S/C48H33N5/c1-48(2)38-24-12-9-20-32(38)35-23-15-27-41(44(35)48)52-39-25-13-10-21-33(39)36-28-37-34-22-11-14-26-40(34)53(43(37)29-42(36)52)47-50-45(30-16-5-3-6-17-30)49-46(51-47)31-18-7-4-8-19-31/h3-29H,1-2H3. The minimum atomic E-state index is -0.175. The lowest BCUT2D eigenvalue weighted by Crippen LogP contribution is -2.18. The minimum Gasteiger partial charge on any atom is -0.309 e. The zero-order chi connectivity index (χ0) is 35.3. The molecule has 0 aliphatic heterocycles. The van der Waals surface area contributed by atoms with Crippen molar-refractivity contribution >= 4 is 43.6 Å². The highest BCUT2D eigenvalue weighted by Gasteiger charge is 2.38. The number of aromatic nitrogens is 5. The number of hydrogen-bond donors (Lipinski definition) is 0. The molecule has 5 heteroatoms. The van der Waals surface area contributed by atoms with Crippen LogP contribution in [-0.4, -0.2) is 24.1 Å². The molecule has 0 spiro atoms. The van der Waals surface area contributed by atoms with Crippen molar-refractivity contribution in [3.05, 3.63) is 175 Å². The zero-order valence-electron chi connectivity index (χ0n) is 29.3. The molecule has 10 aromatic rings. The van der Waals surface area contributed by atoms with Gasteiger partial charge in [-0.1, -0.05) is 147 Å². The van der Waals surface area contributed by atoms with Gasteiger partial charge in [0.25, 0.3) is 0 Å². The normalized spacial score (nSPS) is 13.2. The second-order valence-corrected chi connectivity index (χ2v) is 14.5. The van der Waals surface area contributed by atoms with Gasteiger partial charge >= 0.3 is 0 Å². The van der Waals surface area contributed by atoms with Crippen molar-refractivity contribution in [2.24, 2.45) is 0 Å². The molecular weight excluding hydrogens is 647 g/mol. The summed E-state index contributed by atoms with van der Waals surface area (Å²) in [5.74, 6) is 1.86. The van der Waals surface area contributed by atoms with E-state index in [0.717, 1.165) is 38.4 Å². The van der Waals surface area contributed by atoms with Crippen LogP contribution >= 0.6 is 0 Å². The fourth-order valence-electron chi connectivity index (χ4n) is 8.81. The number of hydrogen-bond acceptors (Lipinski definition) is 3. The van der Waals surface area contributed by atoms with Crippen LogP contribution in [0.4, 0.5) is 0 Å². The Labute approximate surface area is 306 Å². The van der Waals surface area contributed by atoms with Gasteiger partial charge in [0.15, 0.2) is 11.6 Å². The Morgan fingerprint density at radius 2 is 0.943 bits per heavy atom. The summed E-state index contributed by atoms with van der Waals surface area (Å²) in [5, 5.41) is 4.75. The van der Waals surface area contributed by atoms with Gasteiger partial charge < -0.3 is 4.57 Å². The maximum absolute atomic E-state index is 5.20. The Bertz CT molecular complexity index is 3020. The Morgan fingerprint density at radius 1 is 0.415 bits per heavy atom. The molecule has 0 radical (unpaired) electrons. The molecule has 0 saturated carbocycles. The SMILES string of the molecule is CC1(C)c2ccccc2-c2cccc(-n3c4ccccc4c4cc5c6ccccc6n(-c6nc(-c7ccccc7)nc(-c7ccccc7)n6)c5cc43)c21. The summed E-state index contributed by atoms with van der Waals surface area (Å²) in [6, 6.07) is 58.1. The molecule has 250 valence electrons. The first-order valence-electron chi connectivity index (χ1n) is 18.1. The van der Waals surface area contributed by atoms with Gasteiger partial charge in [-0.2, -0.15) is 9.97 Å². The predicted octanol–water partition coefficient (Wildman–Crippen LogP) is 11.7. The first-order chi connectivity index (χ1) is 26.1. The number of nitrogens with zero attached hydrogens (tertiary/aromatic N) is 5. The quantitative estimate of drug-likeness (QED) is 0.186. The summed E-state index contributed by atoms with van der Waals surface area (Å²) in [5.41, 5.74) is 12.7. The van der Waals surface area contributed by atoms with Gasteiger partial charge in [-0.25, -0.2) is 4.98 Å². The highest BCUT2D eigenvalue weighted by Crippen LogP contribution is 2.52. The zero-order valence-corrected chi connectivity index (χ0v) is 29.3. The fraction of sp³-hybridized carbons (Fsp3) is 0.0625. The van der Waals surface area contributed by atoms with Crippen LogP contribution in [0.25, 0.3) is 89.2 Å². The van der Waals surface area contributed by atoms with Crippen molar-refractivity contribution in [2.75, 3.05) is 0 Å². The van der Waals surface area contributed by atoms with Crippen molar-refractivity contribution < 1.29 is 0 Å². The molecule has 0 bridgehead atoms. The first kappa shape index (κ1) is 29.8. The summed E-state index contributed by atoms with van der Waals surface area (Å²) in [4.78, 5) is 15.4. The molecule has 5 nitrogen and oxygen atoms in total. The van der Waals surface area contributed by atoms with Crippen LogP contribution in [0.3, 0.4) is 0 Å². The van der Waals surface area contributed by atoms with Gasteiger partial charge in [-0.05, 0) is 52.6 Å². The highest BCUT2D eigenvalue weighted by molar-refractivity contribution is 6.19. The lowest BCUT2D eigenvalue weighted by Gasteiger charge is -2.25. The average Bonchev–Trinajstić information content (AvgIpc) is 3.80. The molecule has 53 heavy (non-hydrogen) atoms. The van der Waals surface area contributed by atoms with Crippen molar-refractivity contribution in [1.82, 2.24) is 24.1 Å². The molecule has 0 amide bonds. The summed E-state index contributed by atoms with van der Waals surface area (Å²) in [7, 11) is 0. The monoisotopic (exact) mass is 679 g/mol. The molecule has 11 rings (SSSR count). The van der Waals surface area contributed by atoms with Crippen LogP contribution in [0.15, 0.2) is 164 Å². The smallest absolute Gasteiger partial charge is 0.238 e. The number of para-hydroxylation sites is 2. The first-order valence-corrected chi connectivity index (χ1v) is 18.1. The van der Waals surface area contributed by atoms with Crippen LogP contribution in [0.5, 0.6) is 0 Å². The maximum Gasteiger partial charge on any atom is 0.238 e. The third kappa shape index (κ3) is 4.28. The molecule has 0 atom stereocenters. The van der Waals surface area contributed by atoms with Crippen molar-refractivity contribution in [3.63, 3.8) is 0 Å². The third-order valence-corrected chi connectivity index (χ3v) is 11.2. The molecule has 3 heterocycles. The van der Waals surface area contributed by atoms with E-state index in [1.807, 2.05) is 36.4 Å². The van der Waals surface area contributed by atoms with E-state index in [2.05, 4.69) is 150 Å². The van der Waals surface area contributed by atoms with E-state index in [0.29, 0.717) is 17.6 Å². The molecule has 0 saturated heterocycles. The lowest BCUT2D eigenvalue weighted by atomic mass is 9.81.